The molecule has 1 aliphatic rings. The Bertz CT molecular complexity index is 446. The average molecular weight is 248 g/mol. The van der Waals surface area contributed by atoms with Crippen LogP contribution in [-0.2, 0) is 21.6 Å². The number of carbonyl (C=O) groups is 1. The summed E-state index contributed by atoms with van der Waals surface area (Å²) in [4.78, 5) is 20.2. The fourth-order valence-corrected chi connectivity index (χ4v) is 2.13. The fraction of sp³-hybridized carbons (Fsp3) is 0.462. The van der Waals surface area contributed by atoms with Crippen LogP contribution in [0.3, 0.4) is 0 Å². The molecule has 0 unspecified atom stereocenters. The zero-order chi connectivity index (χ0) is 13.0. The highest BCUT2D eigenvalue weighted by Gasteiger charge is 2.42. The van der Waals surface area contributed by atoms with E-state index in [0.717, 1.165) is 5.56 Å². The lowest BCUT2D eigenvalue weighted by molar-refractivity contribution is -0.149. The van der Waals surface area contributed by atoms with E-state index < -0.39 is 5.41 Å². The van der Waals surface area contributed by atoms with E-state index in [4.69, 9.17) is 9.84 Å². The van der Waals surface area contributed by atoms with Crippen LogP contribution < -0.4 is 0 Å². The van der Waals surface area contributed by atoms with Crippen molar-refractivity contribution in [2.24, 2.45) is 0 Å². The highest BCUT2D eigenvalue weighted by Crippen LogP contribution is 2.37. The third-order valence-corrected chi connectivity index (χ3v) is 3.16. The number of rotatable bonds is 4. The summed E-state index contributed by atoms with van der Waals surface area (Å²) in [6.45, 7) is 1.94. The highest BCUT2D eigenvalue weighted by molar-refractivity contribution is 5.84. The monoisotopic (exact) mass is 248 g/mol. The molecule has 0 spiro atoms. The zero-order valence-corrected chi connectivity index (χ0v) is 10.3. The van der Waals surface area contributed by atoms with Crippen molar-refractivity contribution in [3.63, 3.8) is 0 Å². The lowest BCUT2D eigenvalue weighted by Gasteiger charge is -2.26. The minimum absolute atomic E-state index is 0.203. The van der Waals surface area contributed by atoms with Gasteiger partial charge in [0.15, 0.2) is 5.82 Å². The van der Waals surface area contributed by atoms with Crippen LogP contribution in [0.5, 0.6) is 0 Å². The van der Waals surface area contributed by atoms with Crippen molar-refractivity contribution in [3.8, 4) is 0 Å². The molecule has 5 nitrogen and oxygen atoms in total. The summed E-state index contributed by atoms with van der Waals surface area (Å²) < 4.78 is 5.16. The Balaban J connectivity index is 2.31. The van der Waals surface area contributed by atoms with Crippen molar-refractivity contribution in [3.05, 3.63) is 35.9 Å². The van der Waals surface area contributed by atoms with E-state index in [2.05, 4.69) is 9.97 Å². The van der Waals surface area contributed by atoms with E-state index in [0.29, 0.717) is 25.3 Å². The quantitative estimate of drug-likeness (QED) is 0.638. The first-order valence-electron chi connectivity index (χ1n) is 5.97. The van der Waals surface area contributed by atoms with E-state index in [1.54, 1.807) is 19.3 Å². The van der Waals surface area contributed by atoms with Gasteiger partial charge >= 0.3 is 5.97 Å². The van der Waals surface area contributed by atoms with Crippen molar-refractivity contribution in [2.75, 3.05) is 6.61 Å². The van der Waals surface area contributed by atoms with Gasteiger partial charge in [-0.25, -0.2) is 9.97 Å². The minimum Gasteiger partial charge on any atom is -0.465 e. The van der Waals surface area contributed by atoms with Crippen LogP contribution in [0, 0.1) is 0 Å². The Morgan fingerprint density at radius 2 is 2.00 bits per heavy atom. The molecule has 0 saturated carbocycles. The largest absolute Gasteiger partial charge is 0.465 e. The number of aliphatic hydroxyl groups excluding tert-OH is 1. The molecule has 0 saturated heterocycles. The first kappa shape index (κ1) is 12.7. The molecule has 0 aliphatic heterocycles. The van der Waals surface area contributed by atoms with Crippen LogP contribution in [0.25, 0.3) is 0 Å². The number of aromatic nitrogens is 2. The molecule has 1 aromatic rings. The van der Waals surface area contributed by atoms with Gasteiger partial charge in [-0.2, -0.15) is 0 Å². The standard InChI is InChI=1S/C13H16N2O3/c1-2-18-12(17)13(5-3-4-6-13)10-7-14-11(9-16)15-8-10/h3-4,7-8,16H,2,5-6,9H2,1H3. The molecule has 18 heavy (non-hydrogen) atoms. The summed E-state index contributed by atoms with van der Waals surface area (Å²) >= 11 is 0. The molecule has 0 amide bonds. The molecular weight excluding hydrogens is 232 g/mol. The minimum atomic E-state index is -0.690. The predicted octanol–water partition coefficient (Wildman–Crippen LogP) is 1.12. The molecule has 1 N–H and O–H groups in total. The Morgan fingerprint density at radius 3 is 2.50 bits per heavy atom. The van der Waals surface area contributed by atoms with Gasteiger partial charge in [0.25, 0.3) is 0 Å². The van der Waals surface area contributed by atoms with Crippen molar-refractivity contribution < 1.29 is 14.6 Å². The number of carbonyl (C=O) groups excluding carboxylic acids is 1. The number of allylic oxidation sites excluding steroid dienone is 2. The molecule has 1 aromatic heterocycles. The van der Waals surface area contributed by atoms with Crippen LogP contribution in [0.2, 0.25) is 0 Å². The number of aliphatic hydroxyl groups is 1. The molecule has 1 aliphatic carbocycles. The molecular formula is C13H16N2O3. The van der Waals surface area contributed by atoms with E-state index in [1.807, 2.05) is 12.2 Å². The summed E-state index contributed by atoms with van der Waals surface area (Å²) in [6.07, 6.45) is 8.35. The number of nitrogens with zero attached hydrogens (tertiary/aromatic N) is 2. The second kappa shape index (κ2) is 5.27. The summed E-state index contributed by atoms with van der Waals surface area (Å²) in [5.74, 6) is 0.110. The number of ether oxygens (including phenoxy) is 1. The maximum absolute atomic E-state index is 12.2. The number of esters is 1. The number of hydrogen-bond acceptors (Lipinski definition) is 5. The number of hydrogen-bond donors (Lipinski definition) is 1. The maximum atomic E-state index is 12.2. The topological polar surface area (TPSA) is 72.3 Å². The normalized spacial score (nSPS) is 16.8. The molecule has 2 rings (SSSR count). The second-order valence-corrected chi connectivity index (χ2v) is 4.23. The van der Waals surface area contributed by atoms with Crippen LogP contribution in [-0.4, -0.2) is 27.7 Å². The lowest BCUT2D eigenvalue weighted by Crippen LogP contribution is -2.35. The van der Waals surface area contributed by atoms with Crippen molar-refractivity contribution in [2.45, 2.75) is 31.8 Å². The van der Waals surface area contributed by atoms with E-state index in [9.17, 15) is 4.79 Å². The van der Waals surface area contributed by atoms with Gasteiger partial charge in [-0.3, -0.25) is 4.79 Å². The molecule has 0 fully saturated rings. The average Bonchev–Trinajstić information content (AvgIpc) is 2.90. The molecule has 0 atom stereocenters. The zero-order valence-electron chi connectivity index (χ0n) is 10.3. The first-order valence-corrected chi connectivity index (χ1v) is 5.97. The van der Waals surface area contributed by atoms with E-state index in [-0.39, 0.29) is 12.6 Å². The van der Waals surface area contributed by atoms with Crippen LogP contribution in [0.1, 0.15) is 31.2 Å². The third-order valence-electron chi connectivity index (χ3n) is 3.16. The molecule has 0 bridgehead atoms. The highest BCUT2D eigenvalue weighted by atomic mass is 16.5. The first-order chi connectivity index (χ1) is 8.73. The third kappa shape index (κ3) is 2.13. The van der Waals surface area contributed by atoms with Gasteiger partial charge in [-0.05, 0) is 19.8 Å². The molecule has 1 heterocycles. The predicted molar refractivity (Wildman–Crippen MR) is 64.6 cm³/mol. The van der Waals surface area contributed by atoms with Crippen molar-refractivity contribution >= 4 is 5.97 Å². The molecule has 5 heteroatoms. The summed E-state index contributed by atoms with van der Waals surface area (Å²) in [5, 5.41) is 8.92. The van der Waals surface area contributed by atoms with Crippen molar-refractivity contribution in [1.29, 1.82) is 0 Å². The Hall–Kier alpha value is -1.75. The molecule has 96 valence electrons. The van der Waals surface area contributed by atoms with Gasteiger partial charge in [0.1, 0.15) is 12.0 Å². The molecule has 0 radical (unpaired) electrons. The van der Waals surface area contributed by atoms with Gasteiger partial charge in [0, 0.05) is 18.0 Å². The van der Waals surface area contributed by atoms with Crippen LogP contribution >= 0.6 is 0 Å². The fourth-order valence-electron chi connectivity index (χ4n) is 2.13. The summed E-state index contributed by atoms with van der Waals surface area (Å²) in [6, 6.07) is 0. The van der Waals surface area contributed by atoms with Gasteiger partial charge in [0.2, 0.25) is 0 Å². The second-order valence-electron chi connectivity index (χ2n) is 4.23. The van der Waals surface area contributed by atoms with E-state index in [1.165, 1.54) is 0 Å². The van der Waals surface area contributed by atoms with Crippen LogP contribution in [0.4, 0.5) is 0 Å². The maximum Gasteiger partial charge on any atom is 0.317 e. The van der Waals surface area contributed by atoms with Gasteiger partial charge in [-0.15, -0.1) is 0 Å². The summed E-state index contributed by atoms with van der Waals surface area (Å²) in [7, 11) is 0. The molecule has 0 aromatic carbocycles. The van der Waals surface area contributed by atoms with Crippen LogP contribution in [0.15, 0.2) is 24.5 Å². The van der Waals surface area contributed by atoms with Crippen molar-refractivity contribution in [1.82, 2.24) is 9.97 Å². The Morgan fingerprint density at radius 1 is 1.39 bits per heavy atom. The lowest BCUT2D eigenvalue weighted by atomic mass is 9.79. The van der Waals surface area contributed by atoms with E-state index >= 15 is 0 Å². The smallest absolute Gasteiger partial charge is 0.317 e. The van der Waals surface area contributed by atoms with Gasteiger partial charge < -0.3 is 9.84 Å². The van der Waals surface area contributed by atoms with Gasteiger partial charge in [0.05, 0.1) is 6.61 Å². The Kier molecular flexibility index (Phi) is 3.72. The summed E-state index contributed by atoms with van der Waals surface area (Å²) in [5.41, 5.74) is 0.0485. The SMILES string of the molecule is CCOC(=O)C1(c2cnc(CO)nc2)CC=CC1. The van der Waals surface area contributed by atoms with Gasteiger partial charge in [-0.1, -0.05) is 12.2 Å². The Labute approximate surface area is 106 Å².